The van der Waals surface area contributed by atoms with Crippen LogP contribution in [0.15, 0.2) is 52.4 Å². The lowest BCUT2D eigenvalue weighted by Gasteiger charge is -2.07. The average Bonchev–Trinajstić information content (AvgIpc) is 2.86. The van der Waals surface area contributed by atoms with Crippen molar-refractivity contribution in [2.75, 3.05) is 14.2 Å². The normalized spacial score (nSPS) is 17.6. The van der Waals surface area contributed by atoms with Gasteiger partial charge in [0.25, 0.3) is 5.91 Å². The van der Waals surface area contributed by atoms with E-state index in [9.17, 15) is 9.18 Å². The van der Waals surface area contributed by atoms with Crippen LogP contribution in [0.3, 0.4) is 0 Å². The summed E-state index contributed by atoms with van der Waals surface area (Å²) in [7, 11) is 3.30. The Morgan fingerprint density at radius 1 is 1.20 bits per heavy atom. The third kappa shape index (κ3) is 3.74. The first-order valence-electron chi connectivity index (χ1n) is 7.64. The van der Waals surface area contributed by atoms with Crippen LogP contribution in [-0.4, -0.2) is 30.1 Å². The summed E-state index contributed by atoms with van der Waals surface area (Å²) >= 11 is 1.30. The first-order chi connectivity index (χ1) is 12.0. The number of carbonyl (C=O) groups excluding carboxylic acids is 1. The van der Waals surface area contributed by atoms with E-state index < -0.39 is 0 Å². The van der Waals surface area contributed by atoms with Crippen LogP contribution in [0.5, 0.6) is 5.75 Å². The van der Waals surface area contributed by atoms with Crippen molar-refractivity contribution in [3.05, 3.63) is 64.3 Å². The van der Waals surface area contributed by atoms with Gasteiger partial charge in [-0.3, -0.25) is 9.69 Å². The maximum atomic E-state index is 13.0. The van der Waals surface area contributed by atoms with Crippen LogP contribution in [0.4, 0.5) is 10.1 Å². The number of ether oxygens (including phenoxy) is 1. The van der Waals surface area contributed by atoms with Gasteiger partial charge >= 0.3 is 0 Å². The molecule has 2 aromatic carbocycles. The molecule has 0 aliphatic carbocycles. The highest BCUT2D eigenvalue weighted by Crippen LogP contribution is 2.34. The molecule has 0 saturated carbocycles. The van der Waals surface area contributed by atoms with Gasteiger partial charge in [0.15, 0.2) is 5.17 Å². The Balaban J connectivity index is 1.89. The second kappa shape index (κ2) is 7.11. The fraction of sp³-hybridized carbons (Fsp3) is 0.158. The van der Waals surface area contributed by atoms with Crippen LogP contribution in [0, 0.1) is 12.7 Å². The largest absolute Gasteiger partial charge is 0.497 e. The minimum absolute atomic E-state index is 0.110. The van der Waals surface area contributed by atoms with E-state index in [1.54, 1.807) is 26.3 Å². The summed E-state index contributed by atoms with van der Waals surface area (Å²) in [5.41, 5.74) is 2.57. The highest BCUT2D eigenvalue weighted by molar-refractivity contribution is 8.18. The maximum absolute atomic E-state index is 13.0. The molecule has 1 aliphatic heterocycles. The van der Waals surface area contributed by atoms with Gasteiger partial charge in [-0.05, 0) is 72.3 Å². The number of halogens is 1. The van der Waals surface area contributed by atoms with Gasteiger partial charge in [-0.1, -0.05) is 6.07 Å². The summed E-state index contributed by atoms with van der Waals surface area (Å²) in [5, 5.41) is 0.564. The number of rotatable bonds is 3. The molecule has 2 aromatic rings. The number of hydrogen-bond donors (Lipinski definition) is 0. The minimum atomic E-state index is -0.317. The van der Waals surface area contributed by atoms with E-state index >= 15 is 0 Å². The number of methoxy groups -OCH3 is 1. The molecular weight excluding hydrogens is 339 g/mol. The van der Waals surface area contributed by atoms with Gasteiger partial charge in [0.05, 0.1) is 17.7 Å². The number of aliphatic imine (C=N–C) groups is 1. The monoisotopic (exact) mass is 356 g/mol. The second-order valence-electron chi connectivity index (χ2n) is 5.57. The smallest absolute Gasteiger partial charge is 0.266 e. The number of amides is 1. The van der Waals surface area contributed by atoms with Crippen LogP contribution < -0.4 is 4.74 Å². The molecule has 3 rings (SSSR count). The Morgan fingerprint density at radius 3 is 2.56 bits per heavy atom. The highest BCUT2D eigenvalue weighted by Gasteiger charge is 2.30. The van der Waals surface area contributed by atoms with Crippen LogP contribution in [0.2, 0.25) is 0 Å². The van der Waals surface area contributed by atoms with Crippen LogP contribution in [-0.2, 0) is 4.79 Å². The number of hydrogen-bond acceptors (Lipinski definition) is 4. The predicted octanol–water partition coefficient (Wildman–Crippen LogP) is 4.38. The zero-order valence-electron chi connectivity index (χ0n) is 14.1. The first kappa shape index (κ1) is 17.2. The summed E-state index contributed by atoms with van der Waals surface area (Å²) in [6.07, 6.45) is 1.85. The van der Waals surface area contributed by atoms with E-state index in [0.717, 1.165) is 16.9 Å². The third-order valence-electron chi connectivity index (χ3n) is 3.82. The third-order valence-corrected chi connectivity index (χ3v) is 4.88. The van der Waals surface area contributed by atoms with E-state index in [0.29, 0.717) is 15.8 Å². The lowest BCUT2D eigenvalue weighted by molar-refractivity contribution is -0.121. The van der Waals surface area contributed by atoms with Gasteiger partial charge < -0.3 is 4.74 Å². The van der Waals surface area contributed by atoms with Crippen LogP contribution in [0.1, 0.15) is 11.1 Å². The number of nitrogens with zero attached hydrogens (tertiary/aromatic N) is 2. The van der Waals surface area contributed by atoms with Gasteiger partial charge in [0.2, 0.25) is 0 Å². The molecule has 4 nitrogen and oxygen atoms in total. The van der Waals surface area contributed by atoms with E-state index in [2.05, 4.69) is 4.99 Å². The molecular formula is C19H17FN2O2S. The van der Waals surface area contributed by atoms with E-state index in [1.807, 2.05) is 31.2 Å². The summed E-state index contributed by atoms with van der Waals surface area (Å²) in [6.45, 7) is 1.97. The van der Waals surface area contributed by atoms with Crippen molar-refractivity contribution in [3.8, 4) is 5.75 Å². The fourth-order valence-corrected chi connectivity index (χ4v) is 3.33. The summed E-state index contributed by atoms with van der Waals surface area (Å²) in [6, 6.07) is 11.6. The number of amidine groups is 1. The van der Waals surface area contributed by atoms with Gasteiger partial charge in [0, 0.05) is 7.05 Å². The lowest BCUT2D eigenvalue weighted by Crippen LogP contribution is -2.23. The molecule has 0 N–H and O–H groups in total. The van der Waals surface area contributed by atoms with E-state index in [4.69, 9.17) is 4.74 Å². The standard InChI is InChI=1S/C19H17FN2O2S/c1-12-10-16(24-3)9-4-13(12)11-17-18(23)22(2)19(25-17)21-15-7-5-14(20)6-8-15/h4-11H,1-3H3/b17-11+,21-19?. The van der Waals surface area contributed by atoms with Crippen molar-refractivity contribution in [1.29, 1.82) is 0 Å². The molecule has 1 fully saturated rings. The molecule has 128 valence electrons. The van der Waals surface area contributed by atoms with E-state index in [1.165, 1.54) is 28.8 Å². The minimum Gasteiger partial charge on any atom is -0.497 e. The van der Waals surface area contributed by atoms with Gasteiger partial charge in [-0.2, -0.15) is 0 Å². The quantitative estimate of drug-likeness (QED) is 0.767. The number of likely N-dealkylation sites (N-methyl/N-ethyl adjacent to an activating group) is 1. The zero-order chi connectivity index (χ0) is 18.0. The van der Waals surface area contributed by atoms with Crippen molar-refractivity contribution in [1.82, 2.24) is 4.90 Å². The average molecular weight is 356 g/mol. The molecule has 1 saturated heterocycles. The maximum Gasteiger partial charge on any atom is 0.266 e. The highest BCUT2D eigenvalue weighted by atomic mass is 32.2. The summed E-state index contributed by atoms with van der Waals surface area (Å²) in [5.74, 6) is 0.352. The molecule has 0 radical (unpaired) electrons. The Kier molecular flexibility index (Phi) is 4.90. The van der Waals surface area contributed by atoms with Crippen molar-refractivity contribution in [2.24, 2.45) is 4.99 Å². The van der Waals surface area contributed by atoms with Gasteiger partial charge in [-0.15, -0.1) is 0 Å². The lowest BCUT2D eigenvalue weighted by atomic mass is 10.1. The Labute approximate surface area is 150 Å². The number of carbonyl (C=O) groups is 1. The van der Waals surface area contributed by atoms with Gasteiger partial charge in [0.1, 0.15) is 11.6 Å². The van der Waals surface area contributed by atoms with Gasteiger partial charge in [-0.25, -0.2) is 9.38 Å². The first-order valence-corrected chi connectivity index (χ1v) is 8.46. The van der Waals surface area contributed by atoms with Crippen molar-refractivity contribution in [2.45, 2.75) is 6.92 Å². The number of benzene rings is 2. The molecule has 1 amide bonds. The zero-order valence-corrected chi connectivity index (χ0v) is 14.9. The molecule has 1 aliphatic rings. The van der Waals surface area contributed by atoms with Crippen molar-refractivity contribution in [3.63, 3.8) is 0 Å². The molecule has 0 aromatic heterocycles. The predicted molar refractivity (Wildman–Crippen MR) is 99.6 cm³/mol. The van der Waals surface area contributed by atoms with Crippen molar-refractivity contribution >= 4 is 34.6 Å². The van der Waals surface area contributed by atoms with Crippen LogP contribution >= 0.6 is 11.8 Å². The SMILES string of the molecule is COc1ccc(/C=C2/SC(=Nc3ccc(F)cc3)N(C)C2=O)c(C)c1. The number of thioether (sulfide) groups is 1. The van der Waals surface area contributed by atoms with Crippen molar-refractivity contribution < 1.29 is 13.9 Å². The number of aryl methyl sites for hydroxylation is 1. The second-order valence-corrected chi connectivity index (χ2v) is 6.58. The molecule has 0 bridgehead atoms. The molecule has 0 unspecified atom stereocenters. The Bertz CT molecular complexity index is 875. The fourth-order valence-electron chi connectivity index (χ4n) is 2.36. The summed E-state index contributed by atoms with van der Waals surface area (Å²) < 4.78 is 18.2. The molecule has 1 heterocycles. The molecule has 25 heavy (non-hydrogen) atoms. The topological polar surface area (TPSA) is 41.9 Å². The Morgan fingerprint density at radius 2 is 1.92 bits per heavy atom. The summed E-state index contributed by atoms with van der Waals surface area (Å²) in [4.78, 5) is 19.0. The molecule has 0 spiro atoms. The Hall–Kier alpha value is -2.60. The van der Waals surface area contributed by atoms with Crippen LogP contribution in [0.25, 0.3) is 6.08 Å². The van der Waals surface area contributed by atoms with E-state index in [-0.39, 0.29) is 11.7 Å². The molecule has 0 atom stereocenters. The molecule has 6 heteroatoms.